The van der Waals surface area contributed by atoms with Gasteiger partial charge >= 0.3 is 6.03 Å². The Kier molecular flexibility index (Phi) is 7.25. The Labute approximate surface area is 165 Å². The highest BCUT2D eigenvalue weighted by molar-refractivity contribution is 6.30. The van der Waals surface area contributed by atoms with Gasteiger partial charge in [0.25, 0.3) is 5.91 Å². The number of hydrogen-bond acceptors (Lipinski definition) is 3. The number of carbonyl (C=O) groups excluding carboxylic acids is 3. The summed E-state index contributed by atoms with van der Waals surface area (Å²) in [7, 11) is 0. The van der Waals surface area contributed by atoms with Crippen molar-refractivity contribution in [3.63, 3.8) is 0 Å². The van der Waals surface area contributed by atoms with Crippen molar-refractivity contribution in [1.29, 1.82) is 0 Å². The van der Waals surface area contributed by atoms with Crippen LogP contribution >= 0.6 is 11.6 Å². The molecule has 2 rings (SSSR count). The fraction of sp³-hybridized carbons (Fsp3) is 0.550. The minimum Gasteiger partial charge on any atom is -0.324 e. The molecule has 148 valence electrons. The number of hydrogen-bond donors (Lipinski definition) is 2. The summed E-state index contributed by atoms with van der Waals surface area (Å²) in [5.74, 6) is -0.762. The van der Waals surface area contributed by atoms with Crippen LogP contribution < -0.4 is 10.6 Å². The molecule has 7 heteroatoms. The van der Waals surface area contributed by atoms with Crippen molar-refractivity contribution in [3.8, 4) is 0 Å². The first-order chi connectivity index (χ1) is 12.8. The summed E-state index contributed by atoms with van der Waals surface area (Å²) in [6.07, 6.45) is 5.93. The number of rotatable bonds is 9. The summed E-state index contributed by atoms with van der Waals surface area (Å²) in [5, 5.41) is 6.05. The van der Waals surface area contributed by atoms with Crippen LogP contribution in [0.3, 0.4) is 0 Å². The molecule has 2 N–H and O–H groups in total. The maximum atomic E-state index is 12.7. The van der Waals surface area contributed by atoms with Crippen LogP contribution in [-0.2, 0) is 9.59 Å². The molecule has 0 unspecified atom stereocenters. The van der Waals surface area contributed by atoms with E-state index < -0.39 is 17.5 Å². The Bertz CT molecular complexity index is 722. The van der Waals surface area contributed by atoms with E-state index in [1.54, 1.807) is 25.1 Å². The minimum absolute atomic E-state index is 0.307. The van der Waals surface area contributed by atoms with Crippen LogP contribution in [0.1, 0.15) is 57.9 Å². The van der Waals surface area contributed by atoms with Crippen molar-refractivity contribution in [2.75, 3.05) is 11.9 Å². The quantitative estimate of drug-likeness (QED) is 0.486. The minimum atomic E-state index is -0.931. The van der Waals surface area contributed by atoms with Crippen molar-refractivity contribution in [1.82, 2.24) is 10.2 Å². The average Bonchev–Trinajstić information content (AvgIpc) is 2.81. The number of nitrogens with zero attached hydrogens (tertiary/aromatic N) is 1. The van der Waals surface area contributed by atoms with Crippen molar-refractivity contribution in [3.05, 3.63) is 28.8 Å². The van der Waals surface area contributed by atoms with Crippen LogP contribution in [0.4, 0.5) is 10.5 Å². The second kappa shape index (κ2) is 9.22. The summed E-state index contributed by atoms with van der Waals surface area (Å²) in [5.41, 5.74) is 0.486. The third kappa shape index (κ3) is 5.45. The zero-order valence-corrected chi connectivity index (χ0v) is 17.0. The molecular formula is C20H28ClN3O3. The molecule has 1 fully saturated rings. The first-order valence-corrected chi connectivity index (χ1v) is 9.85. The molecule has 6 nitrogen and oxygen atoms in total. The first kappa shape index (κ1) is 21.2. The fourth-order valence-electron chi connectivity index (χ4n) is 3.24. The number of aryl methyl sites for hydroxylation is 1. The Hall–Kier alpha value is -2.08. The average molecular weight is 394 g/mol. The van der Waals surface area contributed by atoms with Gasteiger partial charge in [-0.05, 0) is 44.0 Å². The van der Waals surface area contributed by atoms with Crippen LogP contribution in [0.25, 0.3) is 0 Å². The van der Waals surface area contributed by atoms with E-state index in [1.165, 1.54) is 6.42 Å². The summed E-state index contributed by atoms with van der Waals surface area (Å²) in [6.45, 7) is 5.40. The smallest absolute Gasteiger partial charge is 0.324 e. The Morgan fingerprint density at radius 1 is 1.22 bits per heavy atom. The number of unbranched alkanes of at least 4 members (excludes halogenated alkanes) is 4. The number of halogens is 1. The van der Waals surface area contributed by atoms with Crippen LogP contribution in [-0.4, -0.2) is 34.8 Å². The number of carbonyl (C=O) groups is 3. The van der Waals surface area contributed by atoms with Gasteiger partial charge in [-0.2, -0.15) is 0 Å². The van der Waals surface area contributed by atoms with Crippen molar-refractivity contribution in [2.24, 2.45) is 0 Å². The second-order valence-electron chi connectivity index (χ2n) is 7.33. The standard InChI is InChI=1S/C20H28ClN3O3/c1-4-5-6-7-8-11-20(3)18(26)24(19(27)23-20)13-17(25)22-16-10-9-15(21)12-14(16)2/h9-10,12H,4-8,11,13H2,1-3H3,(H,22,25)(H,23,27)/t20-/m1/s1. The molecule has 4 amide bonds. The lowest BCUT2D eigenvalue weighted by Gasteiger charge is -2.21. The number of amides is 4. The van der Waals surface area contributed by atoms with Gasteiger partial charge in [-0.25, -0.2) is 4.79 Å². The fourth-order valence-corrected chi connectivity index (χ4v) is 3.47. The second-order valence-corrected chi connectivity index (χ2v) is 7.76. The van der Waals surface area contributed by atoms with Gasteiger partial charge in [0.2, 0.25) is 5.91 Å². The summed E-state index contributed by atoms with van der Waals surface area (Å²) in [6, 6.07) is 4.59. The lowest BCUT2D eigenvalue weighted by molar-refractivity contribution is -0.133. The molecule has 0 aliphatic carbocycles. The van der Waals surface area contributed by atoms with Crippen LogP contribution in [0.5, 0.6) is 0 Å². The number of benzene rings is 1. The van der Waals surface area contributed by atoms with Gasteiger partial charge in [-0.15, -0.1) is 0 Å². The number of anilines is 1. The van der Waals surface area contributed by atoms with Gasteiger partial charge in [-0.3, -0.25) is 14.5 Å². The lowest BCUT2D eigenvalue weighted by Crippen LogP contribution is -2.44. The molecule has 1 aromatic rings. The first-order valence-electron chi connectivity index (χ1n) is 9.47. The largest absolute Gasteiger partial charge is 0.325 e. The number of urea groups is 1. The van der Waals surface area contributed by atoms with Gasteiger partial charge in [0.05, 0.1) is 0 Å². The van der Waals surface area contributed by atoms with Crippen molar-refractivity contribution in [2.45, 2.75) is 64.8 Å². The molecule has 0 spiro atoms. The van der Waals surface area contributed by atoms with Crippen LogP contribution in [0.2, 0.25) is 5.02 Å². The van der Waals surface area contributed by atoms with E-state index in [0.717, 1.165) is 36.1 Å². The topological polar surface area (TPSA) is 78.5 Å². The molecule has 0 saturated carbocycles. The summed E-state index contributed by atoms with van der Waals surface area (Å²) in [4.78, 5) is 38.2. The summed E-state index contributed by atoms with van der Waals surface area (Å²) < 4.78 is 0. The summed E-state index contributed by atoms with van der Waals surface area (Å²) >= 11 is 5.91. The molecule has 1 aliphatic heterocycles. The zero-order valence-electron chi connectivity index (χ0n) is 16.2. The van der Waals surface area contributed by atoms with E-state index in [0.29, 0.717) is 17.1 Å². The maximum Gasteiger partial charge on any atom is 0.325 e. The molecule has 0 aromatic heterocycles. The van der Waals surface area contributed by atoms with Gasteiger partial charge in [0, 0.05) is 10.7 Å². The van der Waals surface area contributed by atoms with Crippen LogP contribution in [0.15, 0.2) is 18.2 Å². The molecule has 1 aromatic carbocycles. The van der Waals surface area contributed by atoms with E-state index in [1.807, 2.05) is 6.92 Å². The third-order valence-corrected chi connectivity index (χ3v) is 5.12. The Morgan fingerprint density at radius 3 is 2.59 bits per heavy atom. The zero-order chi connectivity index (χ0) is 20.0. The molecular weight excluding hydrogens is 366 g/mol. The van der Waals surface area contributed by atoms with Crippen LogP contribution in [0, 0.1) is 6.92 Å². The molecule has 1 saturated heterocycles. The van der Waals surface area contributed by atoms with Gasteiger partial charge in [0.1, 0.15) is 12.1 Å². The Balaban J connectivity index is 1.93. The van der Waals surface area contributed by atoms with Gasteiger partial charge in [0.15, 0.2) is 0 Å². The highest BCUT2D eigenvalue weighted by atomic mass is 35.5. The van der Waals surface area contributed by atoms with Crippen molar-refractivity contribution >= 4 is 35.1 Å². The molecule has 0 bridgehead atoms. The molecule has 27 heavy (non-hydrogen) atoms. The molecule has 1 atom stereocenters. The van der Waals surface area contributed by atoms with Gasteiger partial charge in [-0.1, -0.05) is 50.6 Å². The normalized spacial score (nSPS) is 19.3. The van der Waals surface area contributed by atoms with E-state index in [2.05, 4.69) is 17.6 Å². The van der Waals surface area contributed by atoms with E-state index in [9.17, 15) is 14.4 Å². The van der Waals surface area contributed by atoms with Crippen molar-refractivity contribution < 1.29 is 14.4 Å². The third-order valence-electron chi connectivity index (χ3n) is 4.89. The lowest BCUT2D eigenvalue weighted by atomic mass is 9.94. The van der Waals surface area contributed by atoms with E-state index in [-0.39, 0.29) is 12.5 Å². The predicted molar refractivity (Wildman–Crippen MR) is 107 cm³/mol. The van der Waals surface area contributed by atoms with E-state index in [4.69, 9.17) is 11.6 Å². The molecule has 1 aliphatic rings. The highest BCUT2D eigenvalue weighted by Crippen LogP contribution is 2.24. The molecule has 1 heterocycles. The van der Waals surface area contributed by atoms with E-state index >= 15 is 0 Å². The Morgan fingerprint density at radius 2 is 1.93 bits per heavy atom. The highest BCUT2D eigenvalue weighted by Gasteiger charge is 2.47. The maximum absolute atomic E-state index is 12.7. The predicted octanol–water partition coefficient (Wildman–Crippen LogP) is 4.26. The monoisotopic (exact) mass is 393 g/mol. The van der Waals surface area contributed by atoms with Gasteiger partial charge < -0.3 is 10.6 Å². The number of imide groups is 1. The number of nitrogens with one attached hydrogen (secondary N) is 2. The molecule has 0 radical (unpaired) electrons. The SMILES string of the molecule is CCCCCCC[C@@]1(C)NC(=O)N(CC(=O)Nc2ccc(Cl)cc2C)C1=O.